The van der Waals surface area contributed by atoms with Crippen LogP contribution in [0, 0.1) is 5.92 Å². The maximum absolute atomic E-state index is 12.8. The number of carbonyl (C=O) groups is 2. The lowest BCUT2D eigenvalue weighted by Gasteiger charge is -2.28. The van der Waals surface area contributed by atoms with Gasteiger partial charge in [-0.1, -0.05) is 41.7 Å². The summed E-state index contributed by atoms with van der Waals surface area (Å²) < 4.78 is 59.0. The number of rotatable bonds is 8. The van der Waals surface area contributed by atoms with Gasteiger partial charge in [0, 0.05) is 6.92 Å². The molecule has 208 valence electrons. The molecule has 2 fully saturated rings. The fraction of sp³-hybridized carbons (Fsp3) is 0.600. The molecule has 0 radical (unpaired) electrons. The highest BCUT2D eigenvalue weighted by Gasteiger charge is 2.32. The molecule has 1 aromatic heterocycles. The first kappa shape index (κ1) is 28.4. The second-order valence-electron chi connectivity index (χ2n) is 9.56. The van der Waals surface area contributed by atoms with Crippen molar-refractivity contribution in [1.82, 2.24) is 13.2 Å². The number of halogens is 4. The summed E-state index contributed by atoms with van der Waals surface area (Å²) in [5.74, 6) is -1.34. The van der Waals surface area contributed by atoms with Crippen molar-refractivity contribution in [2.24, 2.45) is 5.92 Å². The summed E-state index contributed by atoms with van der Waals surface area (Å²) in [6.45, 7) is 1.49. The molecule has 0 N–H and O–H groups in total. The van der Waals surface area contributed by atoms with Gasteiger partial charge in [-0.25, -0.2) is 4.79 Å². The molecular formula is C25H29F3IN3O6. The number of esters is 2. The summed E-state index contributed by atoms with van der Waals surface area (Å²) in [4.78, 5) is 25.2. The minimum Gasteiger partial charge on any atom is -0.472 e. The van der Waals surface area contributed by atoms with E-state index in [1.807, 2.05) is 0 Å². The highest BCUT2D eigenvalue weighted by atomic mass is 127. The van der Waals surface area contributed by atoms with Gasteiger partial charge in [0.1, 0.15) is 11.9 Å². The molecule has 1 aromatic carbocycles. The summed E-state index contributed by atoms with van der Waals surface area (Å²) >= 11 is 1.79. The Morgan fingerprint density at radius 2 is 1.66 bits per heavy atom. The maximum atomic E-state index is 12.8. The molecule has 2 aliphatic carbocycles. The summed E-state index contributed by atoms with van der Waals surface area (Å²) in [6.07, 6.45) is 1.43. The fourth-order valence-corrected chi connectivity index (χ4v) is 5.43. The van der Waals surface area contributed by atoms with Gasteiger partial charge in [0.15, 0.2) is 0 Å². The van der Waals surface area contributed by atoms with Gasteiger partial charge in [-0.05, 0) is 62.1 Å². The van der Waals surface area contributed by atoms with Gasteiger partial charge in [0.2, 0.25) is 12.0 Å². The highest BCUT2D eigenvalue weighted by Crippen LogP contribution is 2.36. The molecule has 38 heavy (non-hydrogen) atoms. The lowest BCUT2D eigenvalue weighted by Crippen LogP contribution is -2.28. The van der Waals surface area contributed by atoms with E-state index in [9.17, 15) is 22.8 Å². The van der Waals surface area contributed by atoms with Crippen molar-refractivity contribution in [3.8, 4) is 11.6 Å². The average molecular weight is 651 g/mol. The number of aromatic nitrogens is 3. The molecule has 0 spiro atoms. The molecule has 0 aliphatic heterocycles. The number of benzene rings is 1. The van der Waals surface area contributed by atoms with E-state index in [1.165, 1.54) is 22.0 Å². The van der Waals surface area contributed by atoms with Crippen LogP contribution >= 0.6 is 22.9 Å². The van der Waals surface area contributed by atoms with Gasteiger partial charge < -0.3 is 18.9 Å². The monoisotopic (exact) mass is 651 g/mol. The number of ether oxygens (including phenoxy) is 4. The Balaban J connectivity index is 1.28. The van der Waals surface area contributed by atoms with Gasteiger partial charge >= 0.3 is 18.3 Å². The minimum atomic E-state index is -4.72. The van der Waals surface area contributed by atoms with Gasteiger partial charge in [0.25, 0.3) is 5.88 Å². The van der Waals surface area contributed by atoms with E-state index in [4.69, 9.17) is 14.2 Å². The number of hydrogen-bond acceptors (Lipinski definition) is 8. The van der Waals surface area contributed by atoms with E-state index in [0.717, 1.165) is 50.5 Å². The smallest absolute Gasteiger partial charge is 0.472 e. The predicted molar refractivity (Wildman–Crippen MR) is 136 cm³/mol. The van der Waals surface area contributed by atoms with Crippen LogP contribution in [-0.2, 0) is 14.3 Å². The van der Waals surface area contributed by atoms with E-state index in [0.29, 0.717) is 12.8 Å². The molecule has 1 unspecified atom stereocenters. The Hall–Kier alpha value is -2.58. The Bertz CT molecular complexity index is 1100. The summed E-state index contributed by atoms with van der Waals surface area (Å²) in [7, 11) is 0. The number of nitrogens with zero attached hydrogens (tertiary/aromatic N) is 3. The predicted octanol–water partition coefficient (Wildman–Crippen LogP) is 6.11. The zero-order valence-electron chi connectivity index (χ0n) is 20.8. The maximum Gasteiger partial charge on any atom is 0.573 e. The third-order valence-electron chi connectivity index (χ3n) is 6.83. The number of hydrogen-bond donors (Lipinski definition) is 0. The lowest BCUT2D eigenvalue weighted by atomic mass is 9.83. The van der Waals surface area contributed by atoms with Crippen LogP contribution in [0.2, 0.25) is 0 Å². The van der Waals surface area contributed by atoms with Crippen molar-refractivity contribution >= 4 is 34.8 Å². The second-order valence-corrected chi connectivity index (χ2v) is 10.5. The summed E-state index contributed by atoms with van der Waals surface area (Å²) in [5.41, 5.74) is 0.936. The van der Waals surface area contributed by atoms with E-state index >= 15 is 0 Å². The lowest BCUT2D eigenvalue weighted by molar-refractivity contribution is -0.274. The third kappa shape index (κ3) is 7.73. The molecule has 13 heteroatoms. The van der Waals surface area contributed by atoms with Gasteiger partial charge in [0.05, 0.1) is 28.8 Å². The molecular weight excluding hydrogens is 622 g/mol. The molecule has 0 bridgehead atoms. The van der Waals surface area contributed by atoms with Crippen LogP contribution < -0.4 is 9.47 Å². The molecule has 9 nitrogen and oxygen atoms in total. The Morgan fingerprint density at radius 1 is 1.00 bits per heavy atom. The number of alkyl halides is 3. The van der Waals surface area contributed by atoms with E-state index in [2.05, 4.69) is 15.0 Å². The Labute approximate surface area is 231 Å². The standard InChI is InChI=1S/C25H29F3IN3O6/c1-15(35-23(33)18-5-3-2-4-6-18)36-24(34)21-22(30-31-32(21)29)37-19-11-7-16(8-12-19)17-9-13-20(14-10-17)38-25(26,27)28/h9-10,13-16,18-19H,2-8,11-12H2,1H3. The Morgan fingerprint density at radius 3 is 2.29 bits per heavy atom. The van der Waals surface area contributed by atoms with Crippen LogP contribution in [-0.4, -0.2) is 43.9 Å². The summed E-state index contributed by atoms with van der Waals surface area (Å²) in [5, 5.41) is 7.83. The first-order valence-corrected chi connectivity index (χ1v) is 13.6. The first-order valence-electron chi connectivity index (χ1n) is 12.6. The molecule has 4 rings (SSSR count). The first-order chi connectivity index (χ1) is 18.1. The van der Waals surface area contributed by atoms with Gasteiger partial charge in [-0.2, -0.15) is 2.90 Å². The van der Waals surface area contributed by atoms with Crippen LogP contribution in [0.4, 0.5) is 13.2 Å². The minimum absolute atomic E-state index is 0.00791. The third-order valence-corrected chi connectivity index (χ3v) is 7.50. The summed E-state index contributed by atoms with van der Waals surface area (Å²) in [6, 6.07) is 5.92. The quantitative estimate of drug-likeness (QED) is 0.192. The SMILES string of the molecule is CC(OC(=O)c1c(OC2CCC(c3ccc(OC(F)(F)F)cc3)CC2)nnn1I)OC(=O)C1CCCCC1. The topological polar surface area (TPSA) is 102 Å². The van der Waals surface area contributed by atoms with E-state index in [1.54, 1.807) is 35.0 Å². The fourth-order valence-electron chi connectivity index (χ4n) is 4.94. The van der Waals surface area contributed by atoms with Crippen molar-refractivity contribution in [2.45, 2.75) is 89.4 Å². The van der Waals surface area contributed by atoms with Crippen molar-refractivity contribution in [1.29, 1.82) is 0 Å². The normalized spacial score (nSPS) is 21.4. The highest BCUT2D eigenvalue weighted by molar-refractivity contribution is 14.1. The molecule has 0 saturated heterocycles. The van der Waals surface area contributed by atoms with Crippen LogP contribution in [0.3, 0.4) is 0 Å². The van der Waals surface area contributed by atoms with Crippen molar-refractivity contribution in [2.75, 3.05) is 0 Å². The Kier molecular flexibility index (Phi) is 9.36. The molecule has 1 atom stereocenters. The number of carbonyl (C=O) groups excluding carboxylic acids is 2. The van der Waals surface area contributed by atoms with Crippen molar-refractivity contribution < 1.29 is 41.7 Å². The van der Waals surface area contributed by atoms with Gasteiger partial charge in [-0.3, -0.25) is 4.79 Å². The van der Waals surface area contributed by atoms with Crippen molar-refractivity contribution in [3.05, 3.63) is 35.5 Å². The second kappa shape index (κ2) is 12.5. The van der Waals surface area contributed by atoms with E-state index in [-0.39, 0.29) is 41.2 Å². The van der Waals surface area contributed by atoms with Gasteiger partial charge in [-0.15, -0.1) is 13.2 Å². The molecule has 2 saturated carbocycles. The largest absolute Gasteiger partial charge is 0.573 e. The molecule has 2 aliphatic rings. The zero-order chi connectivity index (χ0) is 27.3. The zero-order valence-corrected chi connectivity index (χ0v) is 22.9. The average Bonchev–Trinajstić information content (AvgIpc) is 3.24. The van der Waals surface area contributed by atoms with E-state index < -0.39 is 18.6 Å². The van der Waals surface area contributed by atoms with Crippen molar-refractivity contribution in [3.63, 3.8) is 0 Å². The van der Waals surface area contributed by atoms with Crippen LogP contribution in [0.15, 0.2) is 24.3 Å². The molecule has 2 aromatic rings. The van der Waals surface area contributed by atoms with Crippen LogP contribution in [0.5, 0.6) is 11.6 Å². The molecule has 1 heterocycles. The van der Waals surface area contributed by atoms with Crippen LogP contribution in [0.25, 0.3) is 0 Å². The molecule has 0 amide bonds. The van der Waals surface area contributed by atoms with Crippen LogP contribution in [0.1, 0.15) is 86.7 Å².